The molecule has 0 spiro atoms. The molecule has 0 fully saturated rings. The van der Waals surface area contributed by atoms with Crippen molar-refractivity contribution in [2.24, 2.45) is 0 Å². The summed E-state index contributed by atoms with van der Waals surface area (Å²) in [6.45, 7) is -0.806. The minimum atomic E-state index is -3.98. The predicted molar refractivity (Wildman–Crippen MR) is 140 cm³/mol. The Morgan fingerprint density at radius 2 is 1.02 bits per heavy atom. The van der Waals surface area contributed by atoms with E-state index in [4.69, 9.17) is 37.7 Å². The first-order valence-corrected chi connectivity index (χ1v) is 14.4. The van der Waals surface area contributed by atoms with Gasteiger partial charge in [0.25, 0.3) is 10.1 Å². The summed E-state index contributed by atoms with van der Waals surface area (Å²) in [5.41, 5.74) is 0.902. The number of hydrogen-bond donors (Lipinski definition) is 5. The van der Waals surface area contributed by atoms with E-state index in [1.807, 2.05) is 6.92 Å². The lowest BCUT2D eigenvalue weighted by molar-refractivity contribution is -0.203. The third kappa shape index (κ3) is 14.5. The monoisotopic (exact) mass is 600 g/mol. The Hall–Kier alpha value is -1.31. The average Bonchev–Trinajstić information content (AvgIpc) is 2.94. The average molecular weight is 601 g/mol. The number of aliphatic hydroxyl groups excluding tert-OH is 5. The van der Waals surface area contributed by atoms with E-state index in [1.165, 1.54) is 12.1 Å². The molecule has 0 aliphatic carbocycles. The molecular formula is C25H44O14S. The van der Waals surface area contributed by atoms with Crippen LogP contribution in [-0.2, 0) is 42.7 Å². The summed E-state index contributed by atoms with van der Waals surface area (Å²) in [5.74, 6) is 0. The summed E-state index contributed by atoms with van der Waals surface area (Å²) >= 11 is 0. The molecule has 0 saturated heterocycles. The first kappa shape index (κ1) is 36.7. The fraction of sp³-hybridized carbons (Fsp3) is 0.760. The van der Waals surface area contributed by atoms with Crippen LogP contribution < -0.4 is 0 Å². The SMILES string of the molecule is Cc1ccc(S(=O)(=O)OCCOCC(OCCO)C(OCCO)C(OCCO)C(COCCO)OCCO)cc1. The lowest BCUT2D eigenvalue weighted by atomic mass is 10.0. The molecule has 0 amide bonds. The molecule has 4 unspecified atom stereocenters. The fourth-order valence-electron chi connectivity index (χ4n) is 3.53. The van der Waals surface area contributed by atoms with Crippen molar-refractivity contribution >= 4 is 10.1 Å². The van der Waals surface area contributed by atoms with Gasteiger partial charge in [-0.3, -0.25) is 4.18 Å². The maximum absolute atomic E-state index is 12.4. The molecule has 234 valence electrons. The second kappa shape index (κ2) is 22.3. The second-order valence-corrected chi connectivity index (χ2v) is 9.96. The lowest BCUT2D eigenvalue weighted by Crippen LogP contribution is -2.53. The van der Waals surface area contributed by atoms with Gasteiger partial charge in [-0.15, -0.1) is 0 Å². The molecular weight excluding hydrogens is 556 g/mol. The van der Waals surface area contributed by atoms with Crippen LogP contribution in [0.1, 0.15) is 5.56 Å². The first-order valence-electron chi connectivity index (χ1n) is 13.0. The highest BCUT2D eigenvalue weighted by atomic mass is 32.2. The smallest absolute Gasteiger partial charge is 0.297 e. The minimum Gasteiger partial charge on any atom is -0.394 e. The molecule has 0 aromatic heterocycles. The summed E-state index contributed by atoms with van der Waals surface area (Å²) in [4.78, 5) is 0.0148. The molecule has 40 heavy (non-hydrogen) atoms. The molecule has 0 saturated carbocycles. The zero-order valence-corrected chi connectivity index (χ0v) is 23.7. The van der Waals surface area contributed by atoms with Crippen LogP contribution in [0.15, 0.2) is 29.2 Å². The van der Waals surface area contributed by atoms with Crippen LogP contribution in [-0.4, -0.2) is 151 Å². The normalized spacial score (nSPS) is 15.2. The van der Waals surface area contributed by atoms with Gasteiger partial charge in [0.2, 0.25) is 0 Å². The molecule has 0 aliphatic heterocycles. The molecule has 0 aliphatic rings. The highest BCUT2D eigenvalue weighted by molar-refractivity contribution is 7.86. The van der Waals surface area contributed by atoms with Crippen molar-refractivity contribution in [2.45, 2.75) is 36.2 Å². The molecule has 0 radical (unpaired) electrons. The molecule has 15 heteroatoms. The van der Waals surface area contributed by atoms with Crippen LogP contribution >= 0.6 is 0 Å². The van der Waals surface area contributed by atoms with Crippen molar-refractivity contribution in [3.8, 4) is 0 Å². The van der Waals surface area contributed by atoms with Crippen molar-refractivity contribution < 1.29 is 66.6 Å². The van der Waals surface area contributed by atoms with Crippen LogP contribution in [0.4, 0.5) is 0 Å². The lowest BCUT2D eigenvalue weighted by Gasteiger charge is -2.37. The second-order valence-electron chi connectivity index (χ2n) is 8.35. The third-order valence-corrected chi connectivity index (χ3v) is 6.61. The third-order valence-electron chi connectivity index (χ3n) is 5.28. The van der Waals surface area contributed by atoms with E-state index in [-0.39, 0.29) is 97.4 Å². The predicted octanol–water partition coefficient (Wildman–Crippen LogP) is -1.76. The van der Waals surface area contributed by atoms with Gasteiger partial charge in [-0.1, -0.05) is 17.7 Å². The van der Waals surface area contributed by atoms with E-state index < -0.39 is 34.5 Å². The van der Waals surface area contributed by atoms with Crippen molar-refractivity contribution in [3.05, 3.63) is 29.8 Å². The maximum atomic E-state index is 12.4. The Kier molecular flexibility index (Phi) is 20.5. The molecule has 0 bridgehead atoms. The summed E-state index contributed by atoms with van der Waals surface area (Å²) in [6, 6.07) is 6.20. The number of hydrogen-bond acceptors (Lipinski definition) is 14. The highest BCUT2D eigenvalue weighted by Crippen LogP contribution is 2.20. The van der Waals surface area contributed by atoms with Gasteiger partial charge in [0.15, 0.2) is 0 Å². The van der Waals surface area contributed by atoms with Crippen LogP contribution in [0, 0.1) is 6.92 Å². The van der Waals surface area contributed by atoms with E-state index in [0.717, 1.165) is 5.56 Å². The van der Waals surface area contributed by atoms with Crippen LogP contribution in [0.25, 0.3) is 0 Å². The van der Waals surface area contributed by atoms with Gasteiger partial charge in [-0.05, 0) is 19.1 Å². The minimum absolute atomic E-state index is 0.00686. The Morgan fingerprint density at radius 1 is 0.600 bits per heavy atom. The summed E-state index contributed by atoms with van der Waals surface area (Å²) in [6.07, 6.45) is -3.76. The van der Waals surface area contributed by atoms with Crippen LogP contribution in [0.3, 0.4) is 0 Å². The zero-order valence-electron chi connectivity index (χ0n) is 22.8. The highest BCUT2D eigenvalue weighted by Gasteiger charge is 2.38. The van der Waals surface area contributed by atoms with Gasteiger partial charge in [0.05, 0.1) is 97.4 Å². The van der Waals surface area contributed by atoms with E-state index in [9.17, 15) is 28.8 Å². The van der Waals surface area contributed by atoms with Gasteiger partial charge in [0.1, 0.15) is 24.4 Å². The molecule has 0 heterocycles. The molecule has 1 aromatic rings. The van der Waals surface area contributed by atoms with Gasteiger partial charge in [-0.2, -0.15) is 8.42 Å². The number of aryl methyl sites for hydroxylation is 1. The van der Waals surface area contributed by atoms with Crippen molar-refractivity contribution in [3.63, 3.8) is 0 Å². The summed E-state index contributed by atoms with van der Waals surface area (Å²) in [5, 5.41) is 46.5. The van der Waals surface area contributed by atoms with Crippen LogP contribution in [0.2, 0.25) is 0 Å². The molecule has 5 N–H and O–H groups in total. The Balaban J connectivity index is 2.99. The molecule has 1 rings (SSSR count). The topological polar surface area (TPSA) is 200 Å². The first-order chi connectivity index (χ1) is 19.3. The van der Waals surface area contributed by atoms with Crippen molar-refractivity contribution in [2.75, 3.05) is 92.5 Å². The van der Waals surface area contributed by atoms with E-state index in [2.05, 4.69) is 0 Å². The largest absolute Gasteiger partial charge is 0.394 e. The van der Waals surface area contributed by atoms with Gasteiger partial charge in [0, 0.05) is 0 Å². The van der Waals surface area contributed by atoms with Gasteiger partial charge >= 0.3 is 0 Å². The summed E-state index contributed by atoms with van der Waals surface area (Å²) < 4.78 is 64.0. The van der Waals surface area contributed by atoms with E-state index in [1.54, 1.807) is 12.1 Å². The Morgan fingerprint density at radius 3 is 1.48 bits per heavy atom. The van der Waals surface area contributed by atoms with Gasteiger partial charge < -0.3 is 54.0 Å². The van der Waals surface area contributed by atoms with Crippen LogP contribution in [0.5, 0.6) is 0 Å². The molecule has 1 aromatic carbocycles. The number of aliphatic hydroxyl groups is 5. The fourth-order valence-corrected chi connectivity index (χ4v) is 4.42. The number of rotatable bonds is 26. The quantitative estimate of drug-likeness (QED) is 0.0591. The van der Waals surface area contributed by atoms with E-state index in [0.29, 0.717) is 0 Å². The zero-order chi connectivity index (χ0) is 29.6. The molecule has 4 atom stereocenters. The number of ether oxygens (including phenoxy) is 6. The maximum Gasteiger partial charge on any atom is 0.297 e. The molecule has 14 nitrogen and oxygen atoms in total. The Bertz CT molecular complexity index is 838. The van der Waals surface area contributed by atoms with Crippen molar-refractivity contribution in [1.82, 2.24) is 0 Å². The Labute approximate surface area is 235 Å². The summed E-state index contributed by atoms with van der Waals surface area (Å²) in [7, 11) is -3.98. The van der Waals surface area contributed by atoms with Gasteiger partial charge in [-0.25, -0.2) is 0 Å². The van der Waals surface area contributed by atoms with Crippen molar-refractivity contribution in [1.29, 1.82) is 0 Å². The van der Waals surface area contributed by atoms with E-state index >= 15 is 0 Å². The number of benzene rings is 1. The standard InChI is InChI=1S/C25H44O14S/c1-20-2-4-21(5-3-20)40(31,32)39-17-16-34-19-23(36-13-8-28)25(38-15-10-30)24(37-14-9-29)22(35-12-7-27)18-33-11-6-26/h2-5,22-30H,6-19H2,1H3.